The lowest BCUT2D eigenvalue weighted by Crippen LogP contribution is -2.15. The van der Waals surface area contributed by atoms with Gasteiger partial charge in [-0.05, 0) is 42.5 Å². The van der Waals surface area contributed by atoms with Gasteiger partial charge in [-0.3, -0.25) is 4.79 Å². The van der Waals surface area contributed by atoms with E-state index in [0.29, 0.717) is 16.5 Å². The normalized spacial score (nSPS) is 10.7. The highest BCUT2D eigenvalue weighted by atomic mass is 35.5. The van der Waals surface area contributed by atoms with Crippen LogP contribution >= 0.6 is 11.6 Å². The molecular weight excluding hydrogens is 352 g/mol. The van der Waals surface area contributed by atoms with Crippen LogP contribution in [-0.4, -0.2) is 27.1 Å². The van der Waals surface area contributed by atoms with Crippen LogP contribution in [0.1, 0.15) is 0 Å². The molecule has 2 N–H and O–H groups in total. The lowest BCUT2D eigenvalue weighted by Gasteiger charge is -2.12. The second-order valence-corrected chi connectivity index (χ2v) is 5.99. The van der Waals surface area contributed by atoms with E-state index in [1.807, 2.05) is 49.3 Å². The molecule has 0 bridgehead atoms. The van der Waals surface area contributed by atoms with Crippen molar-refractivity contribution in [3.8, 4) is 11.8 Å². The zero-order valence-electron chi connectivity index (χ0n) is 14.7. The minimum absolute atomic E-state index is 0.0799. The SMILES string of the molecule is COc1ccc(Cl)cc1NC(=O)/C(C#N)=C\Nc1ccc(N(C)C)cc1. The first-order valence-corrected chi connectivity index (χ1v) is 8.11. The van der Waals surface area contributed by atoms with Crippen LogP contribution in [0.2, 0.25) is 5.02 Å². The van der Waals surface area contributed by atoms with Gasteiger partial charge in [0.15, 0.2) is 0 Å². The Morgan fingerprint density at radius 3 is 2.50 bits per heavy atom. The van der Waals surface area contributed by atoms with E-state index in [2.05, 4.69) is 10.6 Å². The van der Waals surface area contributed by atoms with Crippen LogP contribution in [0.25, 0.3) is 0 Å². The summed E-state index contributed by atoms with van der Waals surface area (Å²) in [5, 5.41) is 15.3. The molecule has 0 radical (unpaired) electrons. The van der Waals surface area contributed by atoms with Crippen LogP contribution in [0.4, 0.5) is 17.1 Å². The molecule has 1 amide bonds. The van der Waals surface area contributed by atoms with Gasteiger partial charge in [-0.15, -0.1) is 0 Å². The van der Waals surface area contributed by atoms with Gasteiger partial charge in [0.2, 0.25) is 0 Å². The van der Waals surface area contributed by atoms with E-state index >= 15 is 0 Å². The molecule has 0 aliphatic heterocycles. The summed E-state index contributed by atoms with van der Waals surface area (Å²) in [6, 6.07) is 14.3. The van der Waals surface area contributed by atoms with Gasteiger partial charge in [-0.25, -0.2) is 0 Å². The van der Waals surface area contributed by atoms with Crippen molar-refractivity contribution in [2.75, 3.05) is 36.7 Å². The van der Waals surface area contributed by atoms with E-state index in [1.165, 1.54) is 13.3 Å². The smallest absolute Gasteiger partial charge is 0.267 e. The first kappa shape index (κ1) is 19.2. The first-order valence-electron chi connectivity index (χ1n) is 7.73. The number of amides is 1. The van der Waals surface area contributed by atoms with Crippen molar-refractivity contribution < 1.29 is 9.53 Å². The summed E-state index contributed by atoms with van der Waals surface area (Å²) in [7, 11) is 5.38. The molecule has 2 aromatic rings. The minimum Gasteiger partial charge on any atom is -0.495 e. The van der Waals surface area contributed by atoms with Crippen LogP contribution in [0.5, 0.6) is 5.75 Å². The fourth-order valence-electron chi connectivity index (χ4n) is 2.13. The topological polar surface area (TPSA) is 77.4 Å². The predicted octanol–water partition coefficient (Wildman–Crippen LogP) is 3.87. The lowest BCUT2D eigenvalue weighted by atomic mass is 10.2. The van der Waals surface area contributed by atoms with Crippen LogP contribution in [0, 0.1) is 11.3 Å². The molecule has 0 heterocycles. The van der Waals surface area contributed by atoms with Crippen LogP contribution in [0.3, 0.4) is 0 Å². The third-order valence-corrected chi connectivity index (χ3v) is 3.78. The molecule has 2 rings (SSSR count). The third kappa shape index (κ3) is 4.91. The Morgan fingerprint density at radius 2 is 1.92 bits per heavy atom. The van der Waals surface area contributed by atoms with E-state index in [9.17, 15) is 10.1 Å². The molecule has 0 fully saturated rings. The molecule has 0 aromatic heterocycles. The van der Waals surface area contributed by atoms with E-state index in [1.54, 1.807) is 18.2 Å². The Morgan fingerprint density at radius 1 is 1.23 bits per heavy atom. The summed E-state index contributed by atoms with van der Waals surface area (Å²) in [4.78, 5) is 14.3. The lowest BCUT2D eigenvalue weighted by molar-refractivity contribution is -0.112. The monoisotopic (exact) mass is 370 g/mol. The number of halogens is 1. The van der Waals surface area contributed by atoms with Gasteiger partial charge in [-0.1, -0.05) is 11.6 Å². The van der Waals surface area contributed by atoms with Gasteiger partial charge in [0.1, 0.15) is 17.4 Å². The number of nitrogens with one attached hydrogen (secondary N) is 2. The van der Waals surface area contributed by atoms with Crippen molar-refractivity contribution in [1.82, 2.24) is 0 Å². The van der Waals surface area contributed by atoms with Gasteiger partial charge in [-0.2, -0.15) is 5.26 Å². The Kier molecular flexibility index (Phi) is 6.48. The molecule has 0 saturated carbocycles. The number of anilines is 3. The summed E-state index contributed by atoms with van der Waals surface area (Å²) in [6.07, 6.45) is 1.36. The van der Waals surface area contributed by atoms with Crippen molar-refractivity contribution in [2.24, 2.45) is 0 Å². The molecule has 0 atom stereocenters. The Hall–Kier alpha value is -3.17. The zero-order valence-corrected chi connectivity index (χ0v) is 15.5. The maximum atomic E-state index is 12.3. The van der Waals surface area contributed by atoms with Gasteiger partial charge >= 0.3 is 0 Å². The first-order chi connectivity index (χ1) is 12.4. The number of nitriles is 1. The molecule has 7 heteroatoms. The average Bonchev–Trinajstić information content (AvgIpc) is 2.63. The maximum absolute atomic E-state index is 12.3. The highest BCUT2D eigenvalue weighted by molar-refractivity contribution is 6.31. The molecule has 0 aliphatic rings. The summed E-state index contributed by atoms with van der Waals surface area (Å²) in [5.74, 6) is -0.113. The largest absolute Gasteiger partial charge is 0.495 e. The van der Waals surface area contributed by atoms with E-state index < -0.39 is 5.91 Å². The standard InChI is InChI=1S/C19H19ClN4O2/c1-24(2)16-7-5-15(6-8-16)22-12-13(11-21)19(25)23-17-10-14(20)4-9-18(17)26-3/h4-10,12,22H,1-3H3,(H,23,25)/b13-12-. The summed E-state index contributed by atoms with van der Waals surface area (Å²) in [5.41, 5.74) is 2.12. The number of benzene rings is 2. The molecule has 0 saturated heterocycles. The fraction of sp³-hybridized carbons (Fsp3) is 0.158. The molecule has 0 aliphatic carbocycles. The molecule has 6 nitrogen and oxygen atoms in total. The summed E-state index contributed by atoms with van der Waals surface area (Å²) in [6.45, 7) is 0. The van der Waals surface area contributed by atoms with Gasteiger partial charge in [0.05, 0.1) is 12.8 Å². The van der Waals surface area contributed by atoms with E-state index in [0.717, 1.165) is 11.4 Å². The van der Waals surface area contributed by atoms with Crippen molar-refractivity contribution in [2.45, 2.75) is 0 Å². The van der Waals surface area contributed by atoms with Gasteiger partial charge in [0.25, 0.3) is 5.91 Å². The number of ether oxygens (including phenoxy) is 1. The molecule has 134 valence electrons. The molecule has 0 unspecified atom stereocenters. The minimum atomic E-state index is -0.564. The fourth-order valence-corrected chi connectivity index (χ4v) is 2.30. The molecule has 26 heavy (non-hydrogen) atoms. The number of carbonyl (C=O) groups excluding carboxylic acids is 1. The Bertz CT molecular complexity index is 855. The van der Waals surface area contributed by atoms with Crippen LogP contribution in [-0.2, 0) is 4.79 Å². The Labute approximate surface area is 157 Å². The number of rotatable bonds is 6. The number of carbonyl (C=O) groups is 1. The highest BCUT2D eigenvalue weighted by Gasteiger charge is 2.12. The number of hydrogen-bond donors (Lipinski definition) is 2. The number of hydrogen-bond acceptors (Lipinski definition) is 5. The quantitative estimate of drug-likeness (QED) is 0.596. The Balaban J connectivity index is 2.12. The van der Waals surface area contributed by atoms with Crippen molar-refractivity contribution in [3.63, 3.8) is 0 Å². The zero-order chi connectivity index (χ0) is 19.1. The second-order valence-electron chi connectivity index (χ2n) is 5.55. The van der Waals surface area contributed by atoms with Gasteiger partial charge in [0, 0.05) is 36.7 Å². The molecule has 0 spiro atoms. The van der Waals surface area contributed by atoms with Crippen molar-refractivity contribution >= 4 is 34.6 Å². The average molecular weight is 371 g/mol. The van der Waals surface area contributed by atoms with Crippen molar-refractivity contribution in [3.05, 3.63) is 59.3 Å². The third-order valence-electron chi connectivity index (χ3n) is 3.54. The summed E-state index contributed by atoms with van der Waals surface area (Å²) >= 11 is 5.94. The van der Waals surface area contributed by atoms with Crippen molar-refractivity contribution in [1.29, 1.82) is 5.26 Å². The molecule has 2 aromatic carbocycles. The van der Waals surface area contributed by atoms with E-state index in [4.69, 9.17) is 16.3 Å². The van der Waals surface area contributed by atoms with Gasteiger partial charge < -0.3 is 20.3 Å². The maximum Gasteiger partial charge on any atom is 0.267 e. The number of methoxy groups -OCH3 is 1. The predicted molar refractivity (Wildman–Crippen MR) is 105 cm³/mol. The second kappa shape index (κ2) is 8.79. The highest BCUT2D eigenvalue weighted by Crippen LogP contribution is 2.28. The molecular formula is C19H19ClN4O2. The summed E-state index contributed by atoms with van der Waals surface area (Å²) < 4.78 is 5.18. The number of nitrogens with zero attached hydrogens (tertiary/aromatic N) is 2. The van der Waals surface area contributed by atoms with Crippen LogP contribution in [0.15, 0.2) is 54.2 Å². The van der Waals surface area contributed by atoms with E-state index in [-0.39, 0.29) is 5.57 Å². The van der Waals surface area contributed by atoms with Crippen LogP contribution < -0.4 is 20.3 Å².